The Morgan fingerprint density at radius 1 is 1.12 bits per heavy atom. The predicted octanol–water partition coefficient (Wildman–Crippen LogP) is 2.77. The van der Waals surface area contributed by atoms with Crippen LogP contribution in [0.3, 0.4) is 0 Å². The normalized spacial score (nSPS) is 15.3. The van der Waals surface area contributed by atoms with Crippen molar-refractivity contribution >= 4 is 27.4 Å². The van der Waals surface area contributed by atoms with E-state index in [4.69, 9.17) is 0 Å². The quantitative estimate of drug-likeness (QED) is 0.839. The van der Waals surface area contributed by atoms with Gasteiger partial charge in [0.1, 0.15) is 0 Å². The Labute approximate surface area is 151 Å². The monoisotopic (exact) mass is 373 g/mol. The van der Waals surface area contributed by atoms with E-state index in [1.54, 1.807) is 0 Å². The summed E-state index contributed by atoms with van der Waals surface area (Å²) in [7, 11) is -3.61. The summed E-state index contributed by atoms with van der Waals surface area (Å²) < 4.78 is 23.6. The molecule has 1 aliphatic rings. The zero-order valence-electron chi connectivity index (χ0n) is 14.4. The van der Waals surface area contributed by atoms with Gasteiger partial charge in [0.15, 0.2) is 9.84 Å². The molecule has 0 atom stereocenters. The number of benzene rings is 2. The minimum Gasteiger partial charge on any atom is -0.478 e. The Morgan fingerprint density at radius 3 is 2.35 bits per heavy atom. The largest absolute Gasteiger partial charge is 0.478 e. The van der Waals surface area contributed by atoms with Gasteiger partial charge >= 0.3 is 5.97 Å². The number of amides is 1. The van der Waals surface area contributed by atoms with E-state index in [-0.39, 0.29) is 22.1 Å². The fraction of sp³-hybridized carbons (Fsp3) is 0.263. The van der Waals surface area contributed by atoms with E-state index in [1.165, 1.54) is 12.1 Å². The van der Waals surface area contributed by atoms with E-state index in [1.807, 2.05) is 31.2 Å². The molecule has 26 heavy (non-hydrogen) atoms. The standard InChI is InChI=1S/C19H19NO5S/c1-12-4-3-5-14(8-12)19(6-7-19)18(23)20-15-9-13(17(21)22)10-16(11-15)26(2,24)25/h3-5,8-11H,6-7H2,1-2H3,(H,20,23)(H,21,22). The maximum absolute atomic E-state index is 12.8. The molecule has 0 aliphatic heterocycles. The van der Waals surface area contributed by atoms with E-state index in [0.29, 0.717) is 12.8 Å². The summed E-state index contributed by atoms with van der Waals surface area (Å²) in [4.78, 5) is 24.0. The molecule has 3 rings (SSSR count). The molecule has 0 spiro atoms. The number of rotatable bonds is 5. The summed E-state index contributed by atoms with van der Waals surface area (Å²) in [5.41, 5.74) is 1.29. The molecular formula is C19H19NO5S. The number of hydrogen-bond donors (Lipinski definition) is 2. The van der Waals surface area contributed by atoms with Crippen LogP contribution in [0.25, 0.3) is 0 Å². The number of anilines is 1. The Morgan fingerprint density at radius 2 is 1.81 bits per heavy atom. The number of hydrogen-bond acceptors (Lipinski definition) is 4. The number of sulfone groups is 1. The third-order valence-electron chi connectivity index (χ3n) is 4.59. The lowest BCUT2D eigenvalue weighted by atomic mass is 9.93. The van der Waals surface area contributed by atoms with Crippen molar-refractivity contribution in [3.63, 3.8) is 0 Å². The number of nitrogens with one attached hydrogen (secondary N) is 1. The number of carbonyl (C=O) groups is 2. The van der Waals surface area contributed by atoms with Crippen LogP contribution in [0.4, 0.5) is 5.69 Å². The van der Waals surface area contributed by atoms with E-state index < -0.39 is 21.2 Å². The van der Waals surface area contributed by atoms with Crippen LogP contribution < -0.4 is 5.32 Å². The van der Waals surface area contributed by atoms with E-state index >= 15 is 0 Å². The van der Waals surface area contributed by atoms with Crippen molar-refractivity contribution < 1.29 is 23.1 Å². The van der Waals surface area contributed by atoms with Crippen molar-refractivity contribution in [2.75, 3.05) is 11.6 Å². The average Bonchev–Trinajstić information content (AvgIpc) is 3.35. The lowest BCUT2D eigenvalue weighted by molar-refractivity contribution is -0.118. The van der Waals surface area contributed by atoms with Crippen molar-refractivity contribution in [1.82, 2.24) is 0 Å². The molecule has 2 aromatic rings. The van der Waals surface area contributed by atoms with Gasteiger partial charge < -0.3 is 10.4 Å². The SMILES string of the molecule is Cc1cccc(C2(C(=O)Nc3cc(C(=O)O)cc(S(C)(=O)=O)c3)CC2)c1. The van der Waals surface area contributed by atoms with Gasteiger partial charge in [-0.3, -0.25) is 4.79 Å². The molecule has 6 nitrogen and oxygen atoms in total. The Bertz CT molecular complexity index is 1010. The zero-order valence-corrected chi connectivity index (χ0v) is 15.3. The van der Waals surface area contributed by atoms with Crippen LogP contribution >= 0.6 is 0 Å². The first kappa shape index (κ1) is 18.1. The molecule has 0 heterocycles. The van der Waals surface area contributed by atoms with Gasteiger partial charge in [-0.05, 0) is 43.5 Å². The van der Waals surface area contributed by atoms with Crippen molar-refractivity contribution in [3.8, 4) is 0 Å². The maximum atomic E-state index is 12.8. The summed E-state index contributed by atoms with van der Waals surface area (Å²) in [5, 5.41) is 11.9. The van der Waals surface area contributed by atoms with Gasteiger partial charge in [-0.15, -0.1) is 0 Å². The van der Waals surface area contributed by atoms with Gasteiger partial charge in [-0.1, -0.05) is 29.8 Å². The summed E-state index contributed by atoms with van der Waals surface area (Å²) in [6, 6.07) is 11.3. The molecule has 0 saturated heterocycles. The zero-order chi connectivity index (χ0) is 19.1. The molecule has 1 saturated carbocycles. The molecule has 0 aromatic heterocycles. The molecule has 0 unspecified atom stereocenters. The molecule has 1 amide bonds. The summed E-state index contributed by atoms with van der Waals surface area (Å²) >= 11 is 0. The summed E-state index contributed by atoms with van der Waals surface area (Å²) in [5.74, 6) is -1.52. The van der Waals surface area contributed by atoms with Crippen LogP contribution in [0, 0.1) is 6.92 Å². The highest BCUT2D eigenvalue weighted by Crippen LogP contribution is 2.49. The molecule has 7 heteroatoms. The van der Waals surface area contributed by atoms with Gasteiger partial charge in [0.25, 0.3) is 0 Å². The summed E-state index contributed by atoms with van der Waals surface area (Å²) in [6.45, 7) is 1.95. The molecule has 136 valence electrons. The minimum absolute atomic E-state index is 0.145. The summed E-state index contributed by atoms with van der Waals surface area (Å²) in [6.07, 6.45) is 2.38. The molecule has 0 bridgehead atoms. The van der Waals surface area contributed by atoms with E-state index in [2.05, 4.69) is 5.32 Å². The van der Waals surface area contributed by atoms with Crippen molar-refractivity contribution in [2.45, 2.75) is 30.1 Å². The van der Waals surface area contributed by atoms with E-state index in [0.717, 1.165) is 23.4 Å². The Kier molecular flexibility index (Phi) is 4.36. The van der Waals surface area contributed by atoms with Crippen molar-refractivity contribution in [3.05, 3.63) is 59.2 Å². The highest BCUT2D eigenvalue weighted by atomic mass is 32.2. The van der Waals surface area contributed by atoms with Crippen LogP contribution in [0.5, 0.6) is 0 Å². The second-order valence-corrected chi connectivity index (χ2v) is 8.74. The minimum atomic E-state index is -3.61. The fourth-order valence-electron chi connectivity index (χ4n) is 2.97. The molecular weight excluding hydrogens is 354 g/mol. The van der Waals surface area contributed by atoms with Crippen LogP contribution in [0.1, 0.15) is 34.3 Å². The van der Waals surface area contributed by atoms with Gasteiger partial charge in [-0.2, -0.15) is 0 Å². The third-order valence-corrected chi connectivity index (χ3v) is 5.69. The van der Waals surface area contributed by atoms with Crippen LogP contribution in [-0.4, -0.2) is 31.7 Å². The first-order valence-electron chi connectivity index (χ1n) is 8.09. The second kappa shape index (κ2) is 6.25. The van der Waals surface area contributed by atoms with Gasteiger partial charge in [0, 0.05) is 11.9 Å². The number of carboxylic acids is 1. The third kappa shape index (κ3) is 3.48. The second-order valence-electron chi connectivity index (χ2n) is 6.73. The molecule has 0 radical (unpaired) electrons. The number of carbonyl (C=O) groups excluding carboxylic acids is 1. The predicted molar refractivity (Wildman–Crippen MR) is 97.2 cm³/mol. The smallest absolute Gasteiger partial charge is 0.335 e. The van der Waals surface area contributed by atoms with E-state index in [9.17, 15) is 23.1 Å². The van der Waals surface area contributed by atoms with Crippen molar-refractivity contribution in [2.24, 2.45) is 0 Å². The molecule has 2 aromatic carbocycles. The fourth-order valence-corrected chi connectivity index (χ4v) is 3.66. The number of carboxylic acid groups (broad SMARTS) is 1. The first-order chi connectivity index (χ1) is 12.1. The van der Waals surface area contributed by atoms with Crippen molar-refractivity contribution in [1.29, 1.82) is 0 Å². The van der Waals surface area contributed by atoms with Crippen LogP contribution in [0.15, 0.2) is 47.4 Å². The Balaban J connectivity index is 1.95. The molecule has 2 N–H and O–H groups in total. The number of aromatic carboxylic acids is 1. The Hall–Kier alpha value is -2.67. The highest BCUT2D eigenvalue weighted by molar-refractivity contribution is 7.90. The topological polar surface area (TPSA) is 101 Å². The lowest BCUT2D eigenvalue weighted by Gasteiger charge is -2.17. The van der Waals surface area contributed by atoms with Gasteiger partial charge in [0.05, 0.1) is 15.9 Å². The van der Waals surface area contributed by atoms with Crippen LogP contribution in [-0.2, 0) is 20.0 Å². The van der Waals surface area contributed by atoms with Gasteiger partial charge in [-0.25, -0.2) is 13.2 Å². The molecule has 1 aliphatic carbocycles. The average molecular weight is 373 g/mol. The molecule has 1 fully saturated rings. The van der Waals surface area contributed by atoms with Gasteiger partial charge in [0.2, 0.25) is 5.91 Å². The maximum Gasteiger partial charge on any atom is 0.335 e. The lowest BCUT2D eigenvalue weighted by Crippen LogP contribution is -2.28. The first-order valence-corrected chi connectivity index (χ1v) is 9.98. The number of aryl methyl sites for hydroxylation is 1. The highest BCUT2D eigenvalue weighted by Gasteiger charge is 2.51. The van der Waals surface area contributed by atoms with Crippen LogP contribution in [0.2, 0.25) is 0 Å².